The van der Waals surface area contributed by atoms with Gasteiger partial charge in [0.25, 0.3) is 0 Å². The second-order valence-corrected chi connectivity index (χ2v) is 6.76. The molecule has 1 aromatic rings. The molecule has 0 saturated heterocycles. The average Bonchev–Trinajstić information content (AvgIpc) is 3.06. The van der Waals surface area contributed by atoms with Crippen LogP contribution in [0.15, 0.2) is 24.3 Å². The summed E-state index contributed by atoms with van der Waals surface area (Å²) in [6.45, 7) is 5.02. The van der Waals surface area contributed by atoms with Gasteiger partial charge >= 0.3 is 0 Å². The monoisotopic (exact) mass is 331 g/mol. The van der Waals surface area contributed by atoms with E-state index in [-0.39, 0.29) is 5.91 Å². The lowest BCUT2D eigenvalue weighted by Gasteiger charge is -2.12. The Balaban J connectivity index is 1.92. The lowest BCUT2D eigenvalue weighted by molar-refractivity contribution is -0.117. The maximum atomic E-state index is 11.9. The molecule has 0 radical (unpaired) electrons. The first-order chi connectivity index (χ1) is 11.6. The van der Waals surface area contributed by atoms with E-state index in [0.29, 0.717) is 24.3 Å². The molecule has 0 aliphatic heterocycles. The first-order valence-electron chi connectivity index (χ1n) is 8.88. The number of methoxy groups -OCH3 is 1. The van der Waals surface area contributed by atoms with E-state index < -0.39 is 0 Å². The molecule has 0 spiro atoms. The highest BCUT2D eigenvalue weighted by atomic mass is 16.5. The van der Waals surface area contributed by atoms with Crippen molar-refractivity contribution in [3.63, 3.8) is 0 Å². The van der Waals surface area contributed by atoms with E-state index >= 15 is 0 Å². The Labute approximate surface area is 145 Å². The van der Waals surface area contributed by atoms with E-state index in [2.05, 4.69) is 19.2 Å². The Morgan fingerprint density at radius 1 is 1.29 bits per heavy atom. The molecule has 0 bridgehead atoms. The minimum Gasteiger partial charge on any atom is -0.493 e. The molecule has 1 aliphatic carbocycles. The van der Waals surface area contributed by atoms with Gasteiger partial charge in [0, 0.05) is 12.1 Å². The van der Waals surface area contributed by atoms with Gasteiger partial charge in [0.05, 0.1) is 13.7 Å². The third kappa shape index (κ3) is 5.91. The highest BCUT2D eigenvalue weighted by Crippen LogP contribution is 2.29. The zero-order valence-corrected chi connectivity index (χ0v) is 15.0. The molecular weight excluding hydrogens is 302 g/mol. The third-order valence-electron chi connectivity index (χ3n) is 4.27. The second-order valence-electron chi connectivity index (χ2n) is 6.76. The standard InChI is InChI=1S/C20H29NO3/c1-15(2)12-13-24-18-10-8-16(14-19(18)23-3)9-11-20(22)21-17-6-4-5-7-17/h8-11,14-15,17H,4-7,12-13H2,1-3H3,(H,21,22)/b11-9+. The van der Waals surface area contributed by atoms with E-state index in [1.165, 1.54) is 12.8 Å². The molecule has 0 unspecified atom stereocenters. The summed E-state index contributed by atoms with van der Waals surface area (Å²) in [7, 11) is 1.63. The van der Waals surface area contributed by atoms with Crippen LogP contribution in [0.25, 0.3) is 6.08 Å². The van der Waals surface area contributed by atoms with Gasteiger partial charge in [-0.2, -0.15) is 0 Å². The Morgan fingerprint density at radius 3 is 2.71 bits per heavy atom. The molecule has 2 rings (SSSR count). The van der Waals surface area contributed by atoms with Crippen LogP contribution in [0.3, 0.4) is 0 Å². The number of hydrogen-bond donors (Lipinski definition) is 1. The topological polar surface area (TPSA) is 47.6 Å². The van der Waals surface area contributed by atoms with Crippen LogP contribution in [0.4, 0.5) is 0 Å². The van der Waals surface area contributed by atoms with Crippen molar-refractivity contribution in [3.05, 3.63) is 29.8 Å². The first-order valence-corrected chi connectivity index (χ1v) is 8.88. The molecular formula is C20H29NO3. The summed E-state index contributed by atoms with van der Waals surface area (Å²) in [6, 6.07) is 6.07. The zero-order valence-electron chi connectivity index (χ0n) is 15.0. The fourth-order valence-corrected chi connectivity index (χ4v) is 2.80. The predicted molar refractivity (Wildman–Crippen MR) is 97.4 cm³/mol. The normalized spacial score (nSPS) is 15.2. The molecule has 132 valence electrons. The molecule has 1 amide bonds. The van der Waals surface area contributed by atoms with Crippen LogP contribution in [0.1, 0.15) is 51.5 Å². The van der Waals surface area contributed by atoms with Crippen LogP contribution in [-0.4, -0.2) is 25.7 Å². The van der Waals surface area contributed by atoms with Crippen LogP contribution >= 0.6 is 0 Å². The maximum Gasteiger partial charge on any atom is 0.244 e. The zero-order chi connectivity index (χ0) is 17.4. The van der Waals surface area contributed by atoms with Crippen molar-refractivity contribution < 1.29 is 14.3 Å². The maximum absolute atomic E-state index is 11.9. The molecule has 0 aromatic heterocycles. The molecule has 4 heteroatoms. The molecule has 0 atom stereocenters. The van der Waals surface area contributed by atoms with Crippen molar-refractivity contribution >= 4 is 12.0 Å². The van der Waals surface area contributed by atoms with Gasteiger partial charge in [0.2, 0.25) is 5.91 Å². The predicted octanol–water partition coefficient (Wildman–Crippen LogP) is 4.19. The van der Waals surface area contributed by atoms with Crippen molar-refractivity contribution in [2.24, 2.45) is 5.92 Å². The molecule has 1 saturated carbocycles. The van der Waals surface area contributed by atoms with Crippen molar-refractivity contribution in [2.45, 2.75) is 52.0 Å². The number of amides is 1. The van der Waals surface area contributed by atoms with Gasteiger partial charge in [-0.3, -0.25) is 4.79 Å². The van der Waals surface area contributed by atoms with Gasteiger partial charge < -0.3 is 14.8 Å². The second kappa shape index (κ2) is 9.36. The summed E-state index contributed by atoms with van der Waals surface area (Å²) in [5.74, 6) is 2.01. The molecule has 1 aliphatic rings. The van der Waals surface area contributed by atoms with Gasteiger partial charge in [-0.05, 0) is 49.0 Å². The minimum atomic E-state index is -0.0295. The Morgan fingerprint density at radius 2 is 2.04 bits per heavy atom. The smallest absolute Gasteiger partial charge is 0.244 e. The van der Waals surface area contributed by atoms with Gasteiger partial charge in [-0.25, -0.2) is 0 Å². The third-order valence-corrected chi connectivity index (χ3v) is 4.27. The van der Waals surface area contributed by atoms with Crippen LogP contribution in [-0.2, 0) is 4.79 Å². The highest BCUT2D eigenvalue weighted by Gasteiger charge is 2.15. The van der Waals surface area contributed by atoms with Gasteiger partial charge in [-0.1, -0.05) is 32.8 Å². The number of hydrogen-bond acceptors (Lipinski definition) is 3. The van der Waals surface area contributed by atoms with Gasteiger partial charge in [0.15, 0.2) is 11.5 Å². The average molecular weight is 331 g/mol. The van der Waals surface area contributed by atoms with Crippen molar-refractivity contribution in [1.82, 2.24) is 5.32 Å². The summed E-state index contributed by atoms with van der Waals surface area (Å²) in [5, 5.41) is 3.05. The Hall–Kier alpha value is -1.97. The van der Waals surface area contributed by atoms with Crippen LogP contribution < -0.4 is 14.8 Å². The van der Waals surface area contributed by atoms with E-state index in [4.69, 9.17) is 9.47 Å². The van der Waals surface area contributed by atoms with Crippen molar-refractivity contribution in [3.8, 4) is 11.5 Å². The number of rotatable bonds is 8. The fraction of sp³-hybridized carbons (Fsp3) is 0.550. The van der Waals surface area contributed by atoms with Crippen molar-refractivity contribution in [2.75, 3.05) is 13.7 Å². The van der Waals surface area contributed by atoms with Crippen LogP contribution in [0.2, 0.25) is 0 Å². The summed E-state index contributed by atoms with van der Waals surface area (Å²) in [5.41, 5.74) is 0.921. The lowest BCUT2D eigenvalue weighted by atomic mass is 10.1. The number of nitrogens with one attached hydrogen (secondary N) is 1. The molecule has 1 fully saturated rings. The number of benzene rings is 1. The molecule has 0 heterocycles. The van der Waals surface area contributed by atoms with E-state index in [1.54, 1.807) is 13.2 Å². The van der Waals surface area contributed by atoms with E-state index in [1.807, 2.05) is 24.3 Å². The summed E-state index contributed by atoms with van der Waals surface area (Å²) >= 11 is 0. The summed E-state index contributed by atoms with van der Waals surface area (Å²) in [4.78, 5) is 11.9. The Bertz CT molecular complexity index is 560. The molecule has 24 heavy (non-hydrogen) atoms. The lowest BCUT2D eigenvalue weighted by Crippen LogP contribution is -2.30. The van der Waals surface area contributed by atoms with E-state index in [0.717, 1.165) is 30.6 Å². The fourth-order valence-electron chi connectivity index (χ4n) is 2.80. The molecule has 1 aromatic carbocycles. The van der Waals surface area contributed by atoms with Crippen molar-refractivity contribution in [1.29, 1.82) is 0 Å². The summed E-state index contributed by atoms with van der Waals surface area (Å²) in [6.07, 6.45) is 9.02. The molecule has 1 N–H and O–H groups in total. The highest BCUT2D eigenvalue weighted by molar-refractivity contribution is 5.92. The SMILES string of the molecule is COc1cc(/C=C/C(=O)NC2CCCC2)ccc1OCCC(C)C. The first kappa shape index (κ1) is 18.4. The van der Waals surface area contributed by atoms with Crippen LogP contribution in [0.5, 0.6) is 11.5 Å². The van der Waals surface area contributed by atoms with Gasteiger partial charge in [-0.15, -0.1) is 0 Å². The van der Waals surface area contributed by atoms with E-state index in [9.17, 15) is 4.79 Å². The minimum absolute atomic E-state index is 0.0295. The largest absolute Gasteiger partial charge is 0.493 e. The number of carbonyl (C=O) groups is 1. The number of ether oxygens (including phenoxy) is 2. The summed E-state index contributed by atoms with van der Waals surface area (Å²) < 4.78 is 11.2. The quantitative estimate of drug-likeness (QED) is 0.727. The number of carbonyl (C=O) groups excluding carboxylic acids is 1. The molecule has 4 nitrogen and oxygen atoms in total. The Kier molecular flexibility index (Phi) is 7.16. The van der Waals surface area contributed by atoms with Gasteiger partial charge in [0.1, 0.15) is 0 Å². The van der Waals surface area contributed by atoms with Crippen LogP contribution in [0, 0.1) is 5.92 Å².